The molecule has 6 heteroatoms. The number of thiocarbonyl (C=S) groups is 1. The number of benzene rings is 1. The molecule has 1 amide bonds. The third-order valence-corrected chi connectivity index (χ3v) is 3.77. The van der Waals surface area contributed by atoms with Gasteiger partial charge in [0.25, 0.3) is 5.91 Å². The van der Waals surface area contributed by atoms with Crippen LogP contribution in [0.15, 0.2) is 24.3 Å². The number of nitrogens with zero attached hydrogens (tertiary/aromatic N) is 1. The number of esters is 1. The first-order chi connectivity index (χ1) is 10.1. The maximum Gasteiger partial charge on any atom is 0.337 e. The maximum absolute atomic E-state index is 12.2. The first-order valence-electron chi connectivity index (χ1n) is 6.90. The average molecular weight is 306 g/mol. The van der Waals surface area contributed by atoms with Crippen molar-refractivity contribution in [2.45, 2.75) is 19.3 Å². The van der Waals surface area contributed by atoms with Crippen LogP contribution >= 0.6 is 12.2 Å². The SMILES string of the molecule is COC(=O)c1cccc(C(=O)NC(=S)N2CCCCC2)c1. The highest BCUT2D eigenvalue weighted by Gasteiger charge is 2.17. The Bertz CT molecular complexity index is 554. The molecular weight excluding hydrogens is 288 g/mol. The van der Waals surface area contributed by atoms with Gasteiger partial charge in [-0.25, -0.2) is 4.79 Å². The molecule has 1 aromatic carbocycles. The van der Waals surface area contributed by atoms with Gasteiger partial charge in [-0.3, -0.25) is 10.1 Å². The lowest BCUT2D eigenvalue weighted by Gasteiger charge is -2.28. The van der Waals surface area contributed by atoms with E-state index >= 15 is 0 Å². The van der Waals surface area contributed by atoms with Gasteiger partial charge in [0.05, 0.1) is 12.7 Å². The van der Waals surface area contributed by atoms with E-state index in [0.717, 1.165) is 25.9 Å². The molecule has 1 N–H and O–H groups in total. The van der Waals surface area contributed by atoms with Gasteiger partial charge in [-0.05, 0) is 49.7 Å². The van der Waals surface area contributed by atoms with Gasteiger partial charge in [-0.2, -0.15) is 0 Å². The molecule has 0 aromatic heterocycles. The Morgan fingerprint density at radius 2 is 1.86 bits per heavy atom. The summed E-state index contributed by atoms with van der Waals surface area (Å²) in [5.41, 5.74) is 0.728. The number of methoxy groups -OCH3 is 1. The Labute approximate surface area is 129 Å². The third kappa shape index (κ3) is 4.01. The number of hydrogen-bond donors (Lipinski definition) is 1. The van der Waals surface area contributed by atoms with E-state index in [4.69, 9.17) is 12.2 Å². The van der Waals surface area contributed by atoms with Gasteiger partial charge in [0, 0.05) is 18.7 Å². The number of likely N-dealkylation sites (tertiary alicyclic amines) is 1. The zero-order valence-electron chi connectivity index (χ0n) is 11.9. The molecule has 1 aliphatic rings. The number of rotatable bonds is 2. The van der Waals surface area contributed by atoms with Crippen molar-refractivity contribution in [3.05, 3.63) is 35.4 Å². The fraction of sp³-hybridized carbons (Fsp3) is 0.400. The summed E-state index contributed by atoms with van der Waals surface area (Å²) in [5, 5.41) is 3.16. The van der Waals surface area contributed by atoms with Crippen molar-refractivity contribution >= 4 is 29.2 Å². The minimum atomic E-state index is -0.469. The molecule has 1 fully saturated rings. The third-order valence-electron chi connectivity index (χ3n) is 3.41. The molecule has 0 unspecified atom stereocenters. The van der Waals surface area contributed by atoms with Crippen molar-refractivity contribution in [3.63, 3.8) is 0 Å². The van der Waals surface area contributed by atoms with Gasteiger partial charge in [-0.15, -0.1) is 0 Å². The molecule has 1 heterocycles. The smallest absolute Gasteiger partial charge is 0.337 e. The van der Waals surface area contributed by atoms with Crippen LogP contribution in [0.4, 0.5) is 0 Å². The van der Waals surface area contributed by atoms with Crippen molar-refractivity contribution in [1.82, 2.24) is 10.2 Å². The Kier molecular flexibility index (Phi) is 5.27. The van der Waals surface area contributed by atoms with Crippen molar-refractivity contribution in [2.24, 2.45) is 0 Å². The number of hydrogen-bond acceptors (Lipinski definition) is 4. The normalized spacial score (nSPS) is 14.4. The van der Waals surface area contributed by atoms with E-state index in [2.05, 4.69) is 10.1 Å². The quantitative estimate of drug-likeness (QED) is 0.669. The second-order valence-corrected chi connectivity index (χ2v) is 5.27. The molecular formula is C15H18N2O3S. The Morgan fingerprint density at radius 1 is 1.19 bits per heavy atom. The summed E-state index contributed by atoms with van der Waals surface area (Å²) in [4.78, 5) is 25.7. The van der Waals surface area contributed by atoms with Gasteiger partial charge >= 0.3 is 5.97 Å². The predicted molar refractivity (Wildman–Crippen MR) is 83.3 cm³/mol. The lowest BCUT2D eigenvalue weighted by atomic mass is 10.1. The Morgan fingerprint density at radius 3 is 2.52 bits per heavy atom. The molecule has 5 nitrogen and oxygen atoms in total. The number of carbonyl (C=O) groups excluding carboxylic acids is 2. The molecule has 0 aliphatic carbocycles. The van der Waals surface area contributed by atoms with E-state index in [1.807, 2.05) is 4.90 Å². The number of amides is 1. The topological polar surface area (TPSA) is 58.6 Å². The fourth-order valence-electron chi connectivity index (χ4n) is 2.25. The lowest BCUT2D eigenvalue weighted by molar-refractivity contribution is 0.0600. The molecule has 21 heavy (non-hydrogen) atoms. The number of carbonyl (C=O) groups is 2. The van der Waals surface area contributed by atoms with Gasteiger partial charge in [0.1, 0.15) is 0 Å². The zero-order valence-corrected chi connectivity index (χ0v) is 12.7. The molecule has 0 saturated carbocycles. The molecule has 1 aliphatic heterocycles. The van der Waals surface area contributed by atoms with E-state index in [-0.39, 0.29) is 5.91 Å². The summed E-state index contributed by atoms with van der Waals surface area (Å²) in [7, 11) is 1.31. The molecule has 0 bridgehead atoms. The van der Waals surface area contributed by atoms with Crippen LogP contribution in [-0.2, 0) is 4.74 Å². The standard InChI is InChI=1S/C15H18N2O3S/c1-20-14(19)12-7-5-6-11(10-12)13(18)16-15(21)17-8-3-2-4-9-17/h5-7,10H,2-4,8-9H2,1H3,(H,16,18,21). The molecule has 0 atom stereocenters. The first-order valence-corrected chi connectivity index (χ1v) is 7.31. The van der Waals surface area contributed by atoms with Crippen molar-refractivity contribution in [2.75, 3.05) is 20.2 Å². The van der Waals surface area contributed by atoms with E-state index in [1.165, 1.54) is 19.6 Å². The summed E-state index contributed by atoms with van der Waals surface area (Å²) in [5.74, 6) is -0.778. The molecule has 1 aromatic rings. The van der Waals surface area contributed by atoms with Crippen LogP contribution in [0.3, 0.4) is 0 Å². The second kappa shape index (κ2) is 7.17. The van der Waals surface area contributed by atoms with Gasteiger partial charge < -0.3 is 9.64 Å². The van der Waals surface area contributed by atoms with Crippen LogP contribution in [0, 0.1) is 0 Å². The van der Waals surface area contributed by atoms with E-state index in [0.29, 0.717) is 16.2 Å². The fourth-order valence-corrected chi connectivity index (χ4v) is 2.53. The summed E-state index contributed by atoms with van der Waals surface area (Å²) < 4.78 is 4.64. The summed E-state index contributed by atoms with van der Waals surface area (Å²) in [6.07, 6.45) is 3.38. The van der Waals surface area contributed by atoms with Gasteiger partial charge in [0.2, 0.25) is 0 Å². The highest BCUT2D eigenvalue weighted by Crippen LogP contribution is 2.10. The molecule has 112 valence electrons. The van der Waals surface area contributed by atoms with Crippen LogP contribution in [-0.4, -0.2) is 42.1 Å². The monoisotopic (exact) mass is 306 g/mol. The van der Waals surface area contributed by atoms with Crippen LogP contribution in [0.5, 0.6) is 0 Å². The molecule has 1 saturated heterocycles. The summed E-state index contributed by atoms with van der Waals surface area (Å²) in [6.45, 7) is 1.75. The first kappa shape index (κ1) is 15.4. The molecule has 0 radical (unpaired) electrons. The van der Waals surface area contributed by atoms with Gasteiger partial charge in [-0.1, -0.05) is 6.07 Å². The van der Waals surface area contributed by atoms with Crippen molar-refractivity contribution < 1.29 is 14.3 Å². The average Bonchev–Trinajstić information content (AvgIpc) is 2.55. The Balaban J connectivity index is 2.02. The largest absolute Gasteiger partial charge is 0.465 e. The molecule has 0 spiro atoms. The number of nitrogens with one attached hydrogen (secondary N) is 1. The zero-order chi connectivity index (χ0) is 15.2. The van der Waals surface area contributed by atoms with E-state index in [1.54, 1.807) is 18.2 Å². The lowest BCUT2D eigenvalue weighted by Crippen LogP contribution is -2.44. The maximum atomic E-state index is 12.2. The minimum absolute atomic E-state index is 0.309. The highest BCUT2D eigenvalue weighted by molar-refractivity contribution is 7.80. The predicted octanol–water partition coefficient (Wildman–Crippen LogP) is 1.97. The van der Waals surface area contributed by atoms with Crippen molar-refractivity contribution in [3.8, 4) is 0 Å². The second-order valence-electron chi connectivity index (χ2n) is 4.88. The van der Waals surface area contributed by atoms with Crippen LogP contribution in [0.1, 0.15) is 40.0 Å². The van der Waals surface area contributed by atoms with Crippen molar-refractivity contribution in [1.29, 1.82) is 0 Å². The molecule has 2 rings (SSSR count). The highest BCUT2D eigenvalue weighted by atomic mass is 32.1. The van der Waals surface area contributed by atoms with Crippen LogP contribution in [0.2, 0.25) is 0 Å². The summed E-state index contributed by atoms with van der Waals surface area (Å²) >= 11 is 5.26. The van der Waals surface area contributed by atoms with E-state index < -0.39 is 5.97 Å². The number of piperidine rings is 1. The van der Waals surface area contributed by atoms with E-state index in [9.17, 15) is 9.59 Å². The minimum Gasteiger partial charge on any atom is -0.465 e. The van der Waals surface area contributed by atoms with Crippen LogP contribution < -0.4 is 5.32 Å². The van der Waals surface area contributed by atoms with Crippen LogP contribution in [0.25, 0.3) is 0 Å². The summed E-state index contributed by atoms with van der Waals surface area (Å²) in [6, 6.07) is 6.39. The van der Waals surface area contributed by atoms with Gasteiger partial charge in [0.15, 0.2) is 5.11 Å². The Hall–Kier alpha value is -1.95. The number of ether oxygens (including phenoxy) is 1.